The standard InChI is InChI=1S/C55H106O6/c1-4-7-10-13-16-19-21-23-25-26-27-28-29-30-32-33-36-39-42-45-48-54(57)60-51-52(50-59-53(56)47-44-41-38-35-18-15-12-9-6-3)61-55(58)49-46-43-40-37-34-31-24-22-20-17-14-11-8-5-2/h52H,4-51H2,1-3H3. The van der Waals surface area contributed by atoms with Gasteiger partial charge in [0.05, 0.1) is 0 Å². The molecule has 0 radical (unpaired) electrons. The van der Waals surface area contributed by atoms with Gasteiger partial charge < -0.3 is 14.2 Å². The van der Waals surface area contributed by atoms with Crippen LogP contribution in [0.3, 0.4) is 0 Å². The molecule has 0 spiro atoms. The van der Waals surface area contributed by atoms with Gasteiger partial charge in [-0.1, -0.05) is 278 Å². The Morgan fingerprint density at radius 1 is 0.262 bits per heavy atom. The minimum Gasteiger partial charge on any atom is -0.462 e. The monoisotopic (exact) mass is 863 g/mol. The topological polar surface area (TPSA) is 78.9 Å². The largest absolute Gasteiger partial charge is 0.462 e. The Morgan fingerprint density at radius 2 is 0.443 bits per heavy atom. The second-order valence-corrected chi connectivity index (χ2v) is 18.9. The van der Waals surface area contributed by atoms with Crippen LogP contribution >= 0.6 is 0 Å². The summed E-state index contributed by atoms with van der Waals surface area (Å²) in [7, 11) is 0. The van der Waals surface area contributed by atoms with Crippen LogP contribution < -0.4 is 0 Å². The lowest BCUT2D eigenvalue weighted by molar-refractivity contribution is -0.167. The summed E-state index contributed by atoms with van der Waals surface area (Å²) >= 11 is 0. The molecule has 0 N–H and O–H groups in total. The van der Waals surface area contributed by atoms with Crippen molar-refractivity contribution in [2.45, 2.75) is 322 Å². The Bertz CT molecular complexity index is 905. The molecule has 362 valence electrons. The van der Waals surface area contributed by atoms with Gasteiger partial charge in [-0.25, -0.2) is 0 Å². The number of unbranched alkanes of at least 4 members (excludes halogenated alkanes) is 40. The van der Waals surface area contributed by atoms with Crippen molar-refractivity contribution < 1.29 is 28.6 Å². The van der Waals surface area contributed by atoms with Crippen LogP contribution in [-0.4, -0.2) is 37.2 Å². The van der Waals surface area contributed by atoms with Gasteiger partial charge in [-0.2, -0.15) is 0 Å². The summed E-state index contributed by atoms with van der Waals surface area (Å²) < 4.78 is 16.8. The summed E-state index contributed by atoms with van der Waals surface area (Å²) in [5, 5.41) is 0. The Hall–Kier alpha value is -1.59. The third kappa shape index (κ3) is 49.3. The molecular formula is C55H106O6. The molecule has 0 amide bonds. The third-order valence-corrected chi connectivity index (χ3v) is 12.6. The fourth-order valence-corrected chi connectivity index (χ4v) is 8.45. The van der Waals surface area contributed by atoms with E-state index in [9.17, 15) is 14.4 Å². The van der Waals surface area contributed by atoms with Crippen LogP contribution in [0.4, 0.5) is 0 Å². The van der Waals surface area contributed by atoms with E-state index in [2.05, 4.69) is 20.8 Å². The number of carbonyl (C=O) groups excluding carboxylic acids is 3. The highest BCUT2D eigenvalue weighted by atomic mass is 16.6. The first-order valence-corrected chi connectivity index (χ1v) is 27.5. The van der Waals surface area contributed by atoms with E-state index in [-0.39, 0.29) is 31.1 Å². The van der Waals surface area contributed by atoms with Crippen molar-refractivity contribution in [2.24, 2.45) is 0 Å². The Labute approximate surface area is 380 Å². The molecule has 1 unspecified atom stereocenters. The van der Waals surface area contributed by atoms with Gasteiger partial charge in [-0.05, 0) is 19.3 Å². The molecule has 0 bridgehead atoms. The molecule has 0 fully saturated rings. The molecule has 6 nitrogen and oxygen atoms in total. The summed E-state index contributed by atoms with van der Waals surface area (Å²) in [6.45, 7) is 6.67. The average molecular weight is 863 g/mol. The highest BCUT2D eigenvalue weighted by molar-refractivity contribution is 5.71. The van der Waals surface area contributed by atoms with Crippen molar-refractivity contribution >= 4 is 17.9 Å². The fraction of sp³-hybridized carbons (Fsp3) is 0.945. The van der Waals surface area contributed by atoms with Crippen molar-refractivity contribution in [1.82, 2.24) is 0 Å². The molecule has 0 aromatic rings. The molecule has 6 heteroatoms. The second-order valence-electron chi connectivity index (χ2n) is 18.9. The number of rotatable bonds is 51. The highest BCUT2D eigenvalue weighted by Crippen LogP contribution is 2.17. The first-order valence-electron chi connectivity index (χ1n) is 27.5. The summed E-state index contributed by atoms with van der Waals surface area (Å²) in [5.74, 6) is -0.841. The summed E-state index contributed by atoms with van der Waals surface area (Å²) in [5.41, 5.74) is 0. The van der Waals surface area contributed by atoms with Crippen LogP contribution in [0.2, 0.25) is 0 Å². The van der Waals surface area contributed by atoms with E-state index < -0.39 is 6.10 Å². The number of hydrogen-bond donors (Lipinski definition) is 0. The molecule has 0 aromatic heterocycles. The molecule has 0 heterocycles. The summed E-state index contributed by atoms with van der Waals surface area (Å²) in [6, 6.07) is 0. The zero-order valence-corrected chi connectivity index (χ0v) is 41.5. The molecule has 0 aliphatic carbocycles. The Kier molecular flexibility index (Phi) is 49.7. The van der Waals surface area contributed by atoms with E-state index in [1.54, 1.807) is 0 Å². The van der Waals surface area contributed by atoms with E-state index in [4.69, 9.17) is 14.2 Å². The number of hydrogen-bond acceptors (Lipinski definition) is 6. The van der Waals surface area contributed by atoms with Crippen LogP contribution in [-0.2, 0) is 28.6 Å². The summed E-state index contributed by atoms with van der Waals surface area (Å²) in [6.07, 6.45) is 55.3. The van der Waals surface area contributed by atoms with E-state index in [1.165, 1.54) is 218 Å². The fourth-order valence-electron chi connectivity index (χ4n) is 8.45. The van der Waals surface area contributed by atoms with E-state index >= 15 is 0 Å². The minimum atomic E-state index is -0.759. The van der Waals surface area contributed by atoms with Gasteiger partial charge in [0.25, 0.3) is 0 Å². The molecule has 1 atom stereocenters. The van der Waals surface area contributed by atoms with Gasteiger partial charge >= 0.3 is 17.9 Å². The average Bonchev–Trinajstić information content (AvgIpc) is 3.26. The minimum absolute atomic E-state index is 0.0617. The molecular weight excluding hydrogens is 757 g/mol. The maximum absolute atomic E-state index is 12.8. The van der Waals surface area contributed by atoms with Crippen molar-refractivity contribution in [1.29, 1.82) is 0 Å². The van der Waals surface area contributed by atoms with Gasteiger partial charge in [-0.15, -0.1) is 0 Å². The van der Waals surface area contributed by atoms with Crippen LogP contribution in [0.5, 0.6) is 0 Å². The van der Waals surface area contributed by atoms with Crippen molar-refractivity contribution in [3.05, 3.63) is 0 Å². The van der Waals surface area contributed by atoms with Crippen molar-refractivity contribution in [3.8, 4) is 0 Å². The molecule has 0 rings (SSSR count). The Balaban J connectivity index is 4.19. The van der Waals surface area contributed by atoms with Gasteiger partial charge in [-0.3, -0.25) is 14.4 Å². The highest BCUT2D eigenvalue weighted by Gasteiger charge is 2.19. The van der Waals surface area contributed by atoms with E-state index in [1.807, 2.05) is 0 Å². The van der Waals surface area contributed by atoms with Crippen molar-refractivity contribution in [3.63, 3.8) is 0 Å². The quantitative estimate of drug-likeness (QED) is 0.0344. The molecule has 61 heavy (non-hydrogen) atoms. The zero-order valence-electron chi connectivity index (χ0n) is 41.5. The second kappa shape index (κ2) is 51.0. The van der Waals surface area contributed by atoms with Crippen molar-refractivity contribution in [2.75, 3.05) is 13.2 Å². The predicted octanol–water partition coefficient (Wildman–Crippen LogP) is 18.0. The lowest BCUT2D eigenvalue weighted by Gasteiger charge is -2.18. The van der Waals surface area contributed by atoms with Crippen LogP contribution in [0.1, 0.15) is 316 Å². The maximum Gasteiger partial charge on any atom is 0.306 e. The lowest BCUT2D eigenvalue weighted by atomic mass is 10.0. The number of esters is 3. The first kappa shape index (κ1) is 59.4. The van der Waals surface area contributed by atoms with Gasteiger partial charge in [0, 0.05) is 19.3 Å². The molecule has 0 aliphatic rings. The first-order chi connectivity index (χ1) is 30.0. The van der Waals surface area contributed by atoms with E-state index in [0.29, 0.717) is 19.3 Å². The predicted molar refractivity (Wildman–Crippen MR) is 261 cm³/mol. The summed E-state index contributed by atoms with van der Waals surface area (Å²) in [4.78, 5) is 37.9. The zero-order chi connectivity index (χ0) is 44.4. The van der Waals surface area contributed by atoms with Crippen LogP contribution in [0.15, 0.2) is 0 Å². The SMILES string of the molecule is CCCCCCCCCCCCCCCCCCCCCCC(=O)OCC(COC(=O)CCCCCCCCCCC)OC(=O)CCCCCCCCCCCCCCCC. The van der Waals surface area contributed by atoms with Crippen LogP contribution in [0.25, 0.3) is 0 Å². The lowest BCUT2D eigenvalue weighted by Crippen LogP contribution is -2.30. The number of carbonyl (C=O) groups is 3. The van der Waals surface area contributed by atoms with Gasteiger partial charge in [0.15, 0.2) is 6.10 Å². The molecule has 0 saturated carbocycles. The normalized spacial score (nSPS) is 11.9. The van der Waals surface area contributed by atoms with E-state index in [0.717, 1.165) is 57.8 Å². The third-order valence-electron chi connectivity index (χ3n) is 12.6. The van der Waals surface area contributed by atoms with Gasteiger partial charge in [0.2, 0.25) is 0 Å². The number of ether oxygens (including phenoxy) is 3. The smallest absolute Gasteiger partial charge is 0.306 e. The molecule has 0 saturated heterocycles. The van der Waals surface area contributed by atoms with Crippen LogP contribution in [0, 0.1) is 0 Å². The van der Waals surface area contributed by atoms with Gasteiger partial charge in [0.1, 0.15) is 13.2 Å². The maximum atomic E-state index is 12.8. The molecule has 0 aromatic carbocycles. The molecule has 0 aliphatic heterocycles. The Morgan fingerprint density at radius 3 is 0.656 bits per heavy atom.